The Morgan fingerprint density at radius 3 is 2.67 bits per heavy atom. The van der Waals surface area contributed by atoms with Crippen molar-refractivity contribution in [3.63, 3.8) is 0 Å². The molecule has 4 nitrogen and oxygen atoms in total. The maximum Gasteiger partial charge on any atom is 0.256 e. The first-order valence-corrected chi connectivity index (χ1v) is 7.16. The van der Waals surface area contributed by atoms with E-state index in [1.54, 1.807) is 18.3 Å². The monoisotopic (exact) mass is 284 g/mol. The van der Waals surface area contributed by atoms with E-state index in [-0.39, 0.29) is 5.91 Å². The first-order valence-electron chi connectivity index (χ1n) is 7.16. The van der Waals surface area contributed by atoms with Gasteiger partial charge >= 0.3 is 0 Å². The standard InChI is InChI=1S/C17H20N2O2/c1-3-4-12-21-15-9-7-14(8-10-15)17(20)19-16-13(2)6-5-11-18-16/h5-11H,3-4,12H2,1-2H3,(H,18,19,20). The van der Waals surface area contributed by atoms with Gasteiger partial charge < -0.3 is 10.1 Å². The van der Waals surface area contributed by atoms with E-state index in [0.29, 0.717) is 18.0 Å². The molecule has 0 saturated heterocycles. The Morgan fingerprint density at radius 2 is 2.00 bits per heavy atom. The lowest BCUT2D eigenvalue weighted by Gasteiger charge is -2.08. The van der Waals surface area contributed by atoms with Crippen molar-refractivity contribution in [2.24, 2.45) is 0 Å². The molecule has 4 heteroatoms. The molecule has 1 N–H and O–H groups in total. The fourth-order valence-electron chi connectivity index (χ4n) is 1.83. The maximum absolute atomic E-state index is 12.1. The van der Waals surface area contributed by atoms with Crippen molar-refractivity contribution < 1.29 is 9.53 Å². The lowest BCUT2D eigenvalue weighted by Crippen LogP contribution is -2.13. The fourth-order valence-corrected chi connectivity index (χ4v) is 1.83. The molecule has 1 heterocycles. The third-order valence-electron chi connectivity index (χ3n) is 3.12. The average molecular weight is 284 g/mol. The Labute approximate surface area is 125 Å². The summed E-state index contributed by atoms with van der Waals surface area (Å²) in [4.78, 5) is 16.3. The van der Waals surface area contributed by atoms with Gasteiger partial charge in [0.25, 0.3) is 5.91 Å². The number of aryl methyl sites for hydroxylation is 1. The fraction of sp³-hybridized carbons (Fsp3) is 0.294. The molecular weight excluding hydrogens is 264 g/mol. The Hall–Kier alpha value is -2.36. The van der Waals surface area contributed by atoms with Gasteiger partial charge in [-0.15, -0.1) is 0 Å². The van der Waals surface area contributed by atoms with Gasteiger partial charge in [-0.3, -0.25) is 4.79 Å². The zero-order chi connectivity index (χ0) is 15.1. The summed E-state index contributed by atoms with van der Waals surface area (Å²) in [5.41, 5.74) is 1.52. The van der Waals surface area contributed by atoms with Gasteiger partial charge in [0.05, 0.1) is 6.61 Å². The Balaban J connectivity index is 1.98. The molecule has 0 radical (unpaired) electrons. The molecule has 1 amide bonds. The Kier molecular flexibility index (Phi) is 5.32. The number of pyridine rings is 1. The number of carbonyl (C=O) groups is 1. The molecule has 0 spiro atoms. The summed E-state index contributed by atoms with van der Waals surface area (Å²) < 4.78 is 5.57. The number of nitrogens with one attached hydrogen (secondary N) is 1. The van der Waals surface area contributed by atoms with E-state index in [4.69, 9.17) is 4.74 Å². The minimum absolute atomic E-state index is 0.170. The summed E-state index contributed by atoms with van der Waals surface area (Å²) in [5.74, 6) is 1.21. The maximum atomic E-state index is 12.1. The van der Waals surface area contributed by atoms with Crippen LogP contribution in [0.3, 0.4) is 0 Å². The van der Waals surface area contributed by atoms with E-state index in [0.717, 1.165) is 24.2 Å². The van der Waals surface area contributed by atoms with Crippen molar-refractivity contribution in [2.75, 3.05) is 11.9 Å². The summed E-state index contributed by atoms with van der Waals surface area (Å²) in [6.45, 7) is 4.73. The number of hydrogen-bond donors (Lipinski definition) is 1. The highest BCUT2D eigenvalue weighted by Gasteiger charge is 2.08. The van der Waals surface area contributed by atoms with Crippen LogP contribution in [0.15, 0.2) is 42.6 Å². The highest BCUT2D eigenvalue weighted by molar-refractivity contribution is 6.04. The number of rotatable bonds is 6. The average Bonchev–Trinajstić information content (AvgIpc) is 2.50. The van der Waals surface area contributed by atoms with E-state index in [2.05, 4.69) is 17.2 Å². The SMILES string of the molecule is CCCCOc1ccc(C(=O)Nc2ncccc2C)cc1. The summed E-state index contributed by atoms with van der Waals surface area (Å²) in [7, 11) is 0. The summed E-state index contributed by atoms with van der Waals surface area (Å²) in [6, 6.07) is 10.9. The lowest BCUT2D eigenvalue weighted by atomic mass is 10.2. The van der Waals surface area contributed by atoms with Crippen LogP contribution in [0.1, 0.15) is 35.7 Å². The first kappa shape index (κ1) is 15.0. The van der Waals surface area contributed by atoms with Gasteiger partial charge in [-0.05, 0) is 49.2 Å². The van der Waals surface area contributed by atoms with Gasteiger partial charge in [0, 0.05) is 11.8 Å². The van der Waals surface area contributed by atoms with Crippen LogP contribution in [0.2, 0.25) is 0 Å². The second-order valence-electron chi connectivity index (χ2n) is 4.85. The summed E-state index contributed by atoms with van der Waals surface area (Å²) >= 11 is 0. The predicted molar refractivity (Wildman–Crippen MR) is 83.8 cm³/mol. The number of benzene rings is 1. The smallest absolute Gasteiger partial charge is 0.256 e. The van der Waals surface area contributed by atoms with Gasteiger partial charge in [0.15, 0.2) is 0 Å². The topological polar surface area (TPSA) is 51.2 Å². The molecule has 21 heavy (non-hydrogen) atoms. The van der Waals surface area contributed by atoms with Crippen molar-refractivity contribution in [3.8, 4) is 5.75 Å². The van der Waals surface area contributed by atoms with E-state index >= 15 is 0 Å². The molecule has 0 aliphatic heterocycles. The molecule has 1 aromatic heterocycles. The number of aromatic nitrogens is 1. The molecule has 110 valence electrons. The molecule has 1 aromatic carbocycles. The van der Waals surface area contributed by atoms with E-state index in [1.165, 1.54) is 0 Å². The number of amides is 1. The van der Waals surface area contributed by atoms with Crippen LogP contribution in [-0.2, 0) is 0 Å². The normalized spacial score (nSPS) is 10.2. The van der Waals surface area contributed by atoms with E-state index in [1.807, 2.05) is 31.2 Å². The number of carbonyl (C=O) groups excluding carboxylic acids is 1. The molecule has 0 saturated carbocycles. The van der Waals surface area contributed by atoms with Crippen LogP contribution in [-0.4, -0.2) is 17.5 Å². The molecule has 0 atom stereocenters. The van der Waals surface area contributed by atoms with Crippen molar-refractivity contribution >= 4 is 11.7 Å². The number of anilines is 1. The van der Waals surface area contributed by atoms with Crippen molar-refractivity contribution in [1.29, 1.82) is 0 Å². The lowest BCUT2D eigenvalue weighted by molar-refractivity contribution is 0.102. The largest absolute Gasteiger partial charge is 0.494 e. The minimum atomic E-state index is -0.170. The Bertz CT molecular complexity index is 594. The molecule has 0 aliphatic rings. The third kappa shape index (κ3) is 4.31. The van der Waals surface area contributed by atoms with Crippen LogP contribution in [0.4, 0.5) is 5.82 Å². The first-order chi connectivity index (χ1) is 10.2. The molecule has 0 aliphatic carbocycles. The van der Waals surface area contributed by atoms with Crippen LogP contribution in [0.25, 0.3) is 0 Å². The summed E-state index contributed by atoms with van der Waals surface area (Å²) in [6.07, 6.45) is 3.79. The number of hydrogen-bond acceptors (Lipinski definition) is 3. The molecule has 0 unspecified atom stereocenters. The zero-order valence-corrected chi connectivity index (χ0v) is 12.4. The van der Waals surface area contributed by atoms with E-state index in [9.17, 15) is 4.79 Å². The highest BCUT2D eigenvalue weighted by atomic mass is 16.5. The number of unbranched alkanes of at least 4 members (excludes halogenated alkanes) is 1. The highest BCUT2D eigenvalue weighted by Crippen LogP contribution is 2.15. The number of ether oxygens (including phenoxy) is 1. The quantitative estimate of drug-likeness (QED) is 0.820. The van der Waals surface area contributed by atoms with Crippen LogP contribution in [0, 0.1) is 6.92 Å². The van der Waals surface area contributed by atoms with Crippen molar-refractivity contribution in [3.05, 3.63) is 53.7 Å². The number of nitrogens with zero attached hydrogens (tertiary/aromatic N) is 1. The summed E-state index contributed by atoms with van der Waals surface area (Å²) in [5, 5.41) is 2.81. The Morgan fingerprint density at radius 1 is 1.24 bits per heavy atom. The van der Waals surface area contributed by atoms with Crippen LogP contribution in [0.5, 0.6) is 5.75 Å². The minimum Gasteiger partial charge on any atom is -0.494 e. The van der Waals surface area contributed by atoms with Gasteiger partial charge in [-0.2, -0.15) is 0 Å². The molecule has 2 rings (SSSR count). The zero-order valence-electron chi connectivity index (χ0n) is 12.4. The predicted octanol–water partition coefficient (Wildman–Crippen LogP) is 3.82. The van der Waals surface area contributed by atoms with Gasteiger partial charge in [-0.25, -0.2) is 4.98 Å². The van der Waals surface area contributed by atoms with Crippen LogP contribution >= 0.6 is 0 Å². The molecule has 2 aromatic rings. The molecular formula is C17H20N2O2. The molecule has 0 bridgehead atoms. The molecule has 0 fully saturated rings. The van der Waals surface area contributed by atoms with Gasteiger partial charge in [0.1, 0.15) is 11.6 Å². The van der Waals surface area contributed by atoms with Crippen LogP contribution < -0.4 is 10.1 Å². The second-order valence-corrected chi connectivity index (χ2v) is 4.85. The van der Waals surface area contributed by atoms with Gasteiger partial charge in [0.2, 0.25) is 0 Å². The van der Waals surface area contributed by atoms with E-state index < -0.39 is 0 Å². The van der Waals surface area contributed by atoms with Gasteiger partial charge in [-0.1, -0.05) is 19.4 Å². The van der Waals surface area contributed by atoms with Crippen molar-refractivity contribution in [1.82, 2.24) is 4.98 Å². The third-order valence-corrected chi connectivity index (χ3v) is 3.12. The second kappa shape index (κ2) is 7.43. The van der Waals surface area contributed by atoms with Crippen molar-refractivity contribution in [2.45, 2.75) is 26.7 Å².